The highest BCUT2D eigenvalue weighted by molar-refractivity contribution is 5.82. The Kier molecular flexibility index (Phi) is 7.97. The third-order valence-corrected chi connectivity index (χ3v) is 6.46. The molecule has 1 amide bonds. The number of likely N-dealkylation sites (N-methyl/N-ethyl adjacent to an activating group) is 2. The van der Waals surface area contributed by atoms with Crippen molar-refractivity contribution in [1.82, 2.24) is 20.2 Å². The minimum Gasteiger partial charge on any atom is -0.491 e. The first-order chi connectivity index (χ1) is 16.4. The second kappa shape index (κ2) is 11.1. The van der Waals surface area contributed by atoms with Crippen molar-refractivity contribution in [2.24, 2.45) is 5.92 Å². The summed E-state index contributed by atoms with van der Waals surface area (Å²) in [5.74, 6) is 2.61. The number of carbonyl (C=O) groups is 1. The number of hydrogen-bond donors (Lipinski definition) is 2. The number of aliphatic hydroxyl groups excluding tert-OH is 1. The van der Waals surface area contributed by atoms with Crippen LogP contribution in [0.1, 0.15) is 17.7 Å². The Labute approximate surface area is 201 Å². The molecule has 2 aliphatic rings. The normalized spacial score (nSPS) is 19.5. The van der Waals surface area contributed by atoms with Gasteiger partial charge in [-0.15, -0.1) is 0 Å². The Morgan fingerprint density at radius 2 is 2.18 bits per heavy atom. The molecule has 9 heteroatoms. The molecule has 3 heterocycles. The minimum atomic E-state index is -0.592. The lowest BCUT2D eigenvalue weighted by Crippen LogP contribution is -2.49. The summed E-state index contributed by atoms with van der Waals surface area (Å²) in [7, 11) is 3.63. The molecule has 2 fully saturated rings. The van der Waals surface area contributed by atoms with Crippen molar-refractivity contribution in [1.29, 1.82) is 0 Å². The fraction of sp³-hybridized carbons (Fsp3) is 0.560. The van der Waals surface area contributed by atoms with Crippen LogP contribution in [0.3, 0.4) is 0 Å². The molecule has 184 valence electrons. The van der Waals surface area contributed by atoms with Crippen molar-refractivity contribution in [2.75, 3.05) is 65.0 Å². The Balaban J connectivity index is 1.64. The van der Waals surface area contributed by atoms with E-state index in [1.165, 1.54) is 0 Å². The first kappa shape index (κ1) is 24.4. The Morgan fingerprint density at radius 3 is 2.91 bits per heavy atom. The van der Waals surface area contributed by atoms with Crippen molar-refractivity contribution < 1.29 is 19.4 Å². The second-order valence-electron chi connectivity index (χ2n) is 9.16. The van der Waals surface area contributed by atoms with Crippen molar-refractivity contribution in [3.63, 3.8) is 0 Å². The average Bonchev–Trinajstić information content (AvgIpc) is 3.34. The maximum Gasteiger partial charge on any atom is 0.241 e. The summed E-state index contributed by atoms with van der Waals surface area (Å²) in [6, 6.07) is 7.63. The van der Waals surface area contributed by atoms with Crippen LogP contribution < -0.4 is 15.0 Å². The van der Waals surface area contributed by atoms with Crippen LogP contribution >= 0.6 is 0 Å². The molecular formula is C25H35N5O4. The lowest BCUT2D eigenvalue weighted by atomic mass is 9.99. The molecule has 1 aromatic heterocycles. The number of anilines is 1. The molecule has 9 nitrogen and oxygen atoms in total. The van der Waals surface area contributed by atoms with E-state index in [0.29, 0.717) is 37.1 Å². The summed E-state index contributed by atoms with van der Waals surface area (Å²) in [5.41, 5.74) is 2.86. The topological polar surface area (TPSA) is 100 Å². The number of piperazine rings is 1. The molecule has 2 aromatic rings. The predicted molar refractivity (Wildman–Crippen MR) is 130 cm³/mol. The van der Waals surface area contributed by atoms with E-state index in [2.05, 4.69) is 17.1 Å². The van der Waals surface area contributed by atoms with E-state index in [1.54, 1.807) is 11.9 Å². The minimum absolute atomic E-state index is 0.0899. The van der Waals surface area contributed by atoms with Gasteiger partial charge in [-0.25, -0.2) is 9.97 Å². The zero-order chi connectivity index (χ0) is 24.1. The fourth-order valence-electron chi connectivity index (χ4n) is 4.35. The smallest absolute Gasteiger partial charge is 0.241 e. The zero-order valence-corrected chi connectivity index (χ0v) is 20.3. The highest BCUT2D eigenvalue weighted by Crippen LogP contribution is 2.30. The maximum atomic E-state index is 12.4. The van der Waals surface area contributed by atoms with Crippen LogP contribution in [0.25, 0.3) is 11.4 Å². The van der Waals surface area contributed by atoms with Crippen molar-refractivity contribution in [3.05, 3.63) is 35.5 Å². The van der Waals surface area contributed by atoms with Crippen LogP contribution in [-0.4, -0.2) is 92.1 Å². The quantitative estimate of drug-likeness (QED) is 0.567. The molecule has 0 aliphatic carbocycles. The molecule has 34 heavy (non-hydrogen) atoms. The Morgan fingerprint density at radius 1 is 1.32 bits per heavy atom. The van der Waals surface area contributed by atoms with Gasteiger partial charge in [0.25, 0.3) is 0 Å². The van der Waals surface area contributed by atoms with Gasteiger partial charge in [0.05, 0.1) is 6.54 Å². The molecule has 0 saturated carbocycles. The maximum absolute atomic E-state index is 12.4. The van der Waals surface area contributed by atoms with Crippen LogP contribution in [0.5, 0.6) is 5.75 Å². The van der Waals surface area contributed by atoms with Crippen molar-refractivity contribution in [2.45, 2.75) is 25.9 Å². The summed E-state index contributed by atoms with van der Waals surface area (Å²) < 4.78 is 11.4. The SMILES string of the molecule is CNCC(O)COc1cccc(-c2nc(C[C@@H]3CCOC3)c(C)c(N3CCN(C)C(=O)C3)n2)c1. The summed E-state index contributed by atoms with van der Waals surface area (Å²) in [4.78, 5) is 26.1. The van der Waals surface area contributed by atoms with E-state index in [9.17, 15) is 9.90 Å². The zero-order valence-electron chi connectivity index (χ0n) is 20.3. The summed E-state index contributed by atoms with van der Waals surface area (Å²) >= 11 is 0. The van der Waals surface area contributed by atoms with E-state index in [0.717, 1.165) is 55.2 Å². The van der Waals surface area contributed by atoms with Gasteiger partial charge in [0.1, 0.15) is 24.3 Å². The standard InChI is InChI=1S/C25H35N5O4/c1-17-22(11-18-7-10-33-15-18)27-24(28-25(17)30-9-8-29(3)23(32)14-30)19-5-4-6-21(12-19)34-16-20(31)13-26-2/h4-6,12,18,20,26,31H,7-11,13-16H2,1-3H3/t18-,20?/m0/s1. The van der Waals surface area contributed by atoms with E-state index >= 15 is 0 Å². The lowest BCUT2D eigenvalue weighted by Gasteiger charge is -2.34. The van der Waals surface area contributed by atoms with Gasteiger partial charge in [-0.2, -0.15) is 0 Å². The number of hydrogen-bond acceptors (Lipinski definition) is 8. The first-order valence-corrected chi connectivity index (χ1v) is 11.9. The highest BCUT2D eigenvalue weighted by atomic mass is 16.5. The molecule has 1 aromatic carbocycles. The van der Waals surface area contributed by atoms with Gasteiger partial charge < -0.3 is 29.7 Å². The number of benzene rings is 1. The average molecular weight is 470 g/mol. The number of rotatable bonds is 9. The number of ether oxygens (including phenoxy) is 2. The van der Waals surface area contributed by atoms with Crippen LogP contribution in [0.4, 0.5) is 5.82 Å². The second-order valence-corrected chi connectivity index (χ2v) is 9.16. The van der Waals surface area contributed by atoms with Crippen LogP contribution in [0.2, 0.25) is 0 Å². The monoisotopic (exact) mass is 469 g/mol. The molecule has 2 saturated heterocycles. The third kappa shape index (κ3) is 5.84. The number of carbonyl (C=O) groups excluding carboxylic acids is 1. The van der Waals surface area contributed by atoms with Crippen LogP contribution in [-0.2, 0) is 16.0 Å². The van der Waals surface area contributed by atoms with Gasteiger partial charge in [-0.1, -0.05) is 12.1 Å². The number of aliphatic hydroxyl groups is 1. The van der Waals surface area contributed by atoms with Crippen LogP contribution in [0, 0.1) is 12.8 Å². The van der Waals surface area contributed by atoms with Gasteiger partial charge in [0, 0.05) is 56.7 Å². The Hall–Kier alpha value is -2.75. The van der Waals surface area contributed by atoms with Gasteiger partial charge >= 0.3 is 0 Å². The molecule has 2 atom stereocenters. The molecule has 2 N–H and O–H groups in total. The first-order valence-electron chi connectivity index (χ1n) is 11.9. The fourth-order valence-corrected chi connectivity index (χ4v) is 4.35. The summed E-state index contributed by atoms with van der Waals surface area (Å²) in [6.07, 6.45) is 1.26. The van der Waals surface area contributed by atoms with Crippen molar-refractivity contribution >= 4 is 11.7 Å². The molecule has 0 spiro atoms. The van der Waals surface area contributed by atoms with E-state index in [-0.39, 0.29) is 12.5 Å². The molecule has 2 aliphatic heterocycles. The molecule has 4 rings (SSSR count). The lowest BCUT2D eigenvalue weighted by molar-refractivity contribution is -0.129. The molecule has 0 radical (unpaired) electrons. The summed E-state index contributed by atoms with van der Waals surface area (Å²) in [5, 5.41) is 12.9. The predicted octanol–water partition coefficient (Wildman–Crippen LogP) is 1.27. The highest BCUT2D eigenvalue weighted by Gasteiger charge is 2.26. The van der Waals surface area contributed by atoms with Gasteiger partial charge in [0.2, 0.25) is 5.91 Å². The molecular weight excluding hydrogens is 434 g/mol. The van der Waals surface area contributed by atoms with Crippen LogP contribution in [0.15, 0.2) is 24.3 Å². The van der Waals surface area contributed by atoms with E-state index in [1.807, 2.05) is 31.3 Å². The largest absolute Gasteiger partial charge is 0.491 e. The number of nitrogens with one attached hydrogen (secondary N) is 1. The van der Waals surface area contributed by atoms with Gasteiger partial charge in [-0.05, 0) is 44.9 Å². The summed E-state index contributed by atoms with van der Waals surface area (Å²) in [6.45, 7) is 5.96. The Bertz CT molecular complexity index is 995. The van der Waals surface area contributed by atoms with Gasteiger partial charge in [0.15, 0.2) is 5.82 Å². The number of aromatic nitrogens is 2. The molecule has 0 bridgehead atoms. The van der Waals surface area contributed by atoms with Gasteiger partial charge in [-0.3, -0.25) is 4.79 Å². The van der Waals surface area contributed by atoms with E-state index in [4.69, 9.17) is 19.4 Å². The van der Waals surface area contributed by atoms with E-state index < -0.39 is 6.10 Å². The molecule has 1 unspecified atom stereocenters. The number of nitrogens with zero attached hydrogens (tertiary/aromatic N) is 4. The third-order valence-electron chi connectivity index (χ3n) is 6.46. The van der Waals surface area contributed by atoms with Crippen molar-refractivity contribution in [3.8, 4) is 17.1 Å². The number of amides is 1.